The monoisotopic (exact) mass is 143 g/mol. The molecule has 1 heterocycles. The van der Waals surface area contributed by atoms with Crippen molar-refractivity contribution in [1.29, 1.82) is 0 Å². The summed E-state index contributed by atoms with van der Waals surface area (Å²) < 4.78 is 0.780. The molecule has 1 aromatic heterocycles. The first kappa shape index (κ1) is 6.03. The molecule has 0 amide bonds. The van der Waals surface area contributed by atoms with E-state index in [1.807, 2.05) is 0 Å². The maximum absolute atomic E-state index is 8.81. The summed E-state index contributed by atoms with van der Waals surface area (Å²) in [4.78, 5) is 3.75. The lowest BCUT2D eigenvalue weighted by atomic mass is 10.6. The summed E-state index contributed by atoms with van der Waals surface area (Å²) in [7, 11) is 0. The SMILES string of the molecule is NC(=S)c1nccn1O. The molecule has 0 aliphatic rings. The predicted molar refractivity (Wildman–Crippen MR) is 35.3 cm³/mol. The van der Waals surface area contributed by atoms with Crippen molar-refractivity contribution in [2.45, 2.75) is 0 Å². The van der Waals surface area contributed by atoms with E-state index in [2.05, 4.69) is 17.2 Å². The van der Waals surface area contributed by atoms with Crippen LogP contribution in [0.1, 0.15) is 5.82 Å². The van der Waals surface area contributed by atoms with Gasteiger partial charge >= 0.3 is 0 Å². The molecule has 3 N–H and O–H groups in total. The van der Waals surface area contributed by atoms with Crippen LogP contribution in [0.25, 0.3) is 0 Å². The maximum atomic E-state index is 8.81. The van der Waals surface area contributed by atoms with Gasteiger partial charge in [-0.05, 0) is 0 Å². The van der Waals surface area contributed by atoms with Crippen molar-refractivity contribution in [3.8, 4) is 0 Å². The first-order valence-electron chi connectivity index (χ1n) is 2.24. The second kappa shape index (κ2) is 2.02. The van der Waals surface area contributed by atoms with Crippen LogP contribution in [0, 0.1) is 0 Å². The summed E-state index contributed by atoms with van der Waals surface area (Å²) >= 11 is 4.54. The molecule has 0 fully saturated rings. The predicted octanol–water partition coefficient (Wildman–Crippen LogP) is -0.245. The minimum absolute atomic E-state index is 0.0856. The normalized spacial score (nSPS) is 9.33. The van der Waals surface area contributed by atoms with Crippen molar-refractivity contribution in [2.75, 3.05) is 0 Å². The molecule has 9 heavy (non-hydrogen) atoms. The average molecular weight is 143 g/mol. The van der Waals surface area contributed by atoms with Crippen molar-refractivity contribution < 1.29 is 5.21 Å². The second-order valence-corrected chi connectivity index (χ2v) is 1.90. The van der Waals surface area contributed by atoms with Gasteiger partial charge in [-0.25, -0.2) is 4.98 Å². The Hall–Kier alpha value is -1.10. The summed E-state index contributed by atoms with van der Waals surface area (Å²) in [5.41, 5.74) is 5.15. The van der Waals surface area contributed by atoms with Gasteiger partial charge in [0, 0.05) is 6.20 Å². The fraction of sp³-hybridized carbons (Fsp3) is 0. The van der Waals surface area contributed by atoms with Crippen molar-refractivity contribution in [3.63, 3.8) is 0 Å². The standard InChI is InChI=1S/C4H5N3OS/c5-3(9)4-6-1-2-7(4)8/h1-2,8H,(H2,5,9). The van der Waals surface area contributed by atoms with E-state index < -0.39 is 0 Å². The molecule has 5 heteroatoms. The highest BCUT2D eigenvalue weighted by Gasteiger charge is 2.01. The minimum Gasteiger partial charge on any atom is -0.427 e. The van der Waals surface area contributed by atoms with Crippen molar-refractivity contribution in [2.24, 2.45) is 5.73 Å². The number of thiocarbonyl (C=S) groups is 1. The largest absolute Gasteiger partial charge is 0.427 e. The summed E-state index contributed by atoms with van der Waals surface area (Å²) in [6.07, 6.45) is 2.77. The van der Waals surface area contributed by atoms with Crippen LogP contribution in [-0.2, 0) is 0 Å². The molecular formula is C4H5N3OS. The zero-order valence-corrected chi connectivity index (χ0v) is 5.30. The third-order valence-electron chi connectivity index (χ3n) is 0.842. The van der Waals surface area contributed by atoms with Gasteiger partial charge in [-0.3, -0.25) is 0 Å². The molecule has 4 nitrogen and oxygen atoms in total. The maximum Gasteiger partial charge on any atom is 0.202 e. The smallest absolute Gasteiger partial charge is 0.202 e. The first-order valence-corrected chi connectivity index (χ1v) is 2.65. The highest BCUT2D eigenvalue weighted by atomic mass is 32.1. The topological polar surface area (TPSA) is 64.1 Å². The van der Waals surface area contributed by atoms with Gasteiger partial charge in [-0.1, -0.05) is 12.2 Å². The van der Waals surface area contributed by atoms with Crippen LogP contribution in [0.2, 0.25) is 0 Å². The van der Waals surface area contributed by atoms with Crippen LogP contribution < -0.4 is 5.73 Å². The van der Waals surface area contributed by atoms with E-state index in [-0.39, 0.29) is 10.8 Å². The van der Waals surface area contributed by atoms with E-state index >= 15 is 0 Å². The molecule has 0 aliphatic heterocycles. The Morgan fingerprint density at radius 3 is 2.78 bits per heavy atom. The Morgan fingerprint density at radius 2 is 2.56 bits per heavy atom. The number of rotatable bonds is 1. The van der Waals surface area contributed by atoms with Crippen molar-refractivity contribution in [3.05, 3.63) is 18.2 Å². The number of hydrogen-bond acceptors (Lipinski definition) is 3. The van der Waals surface area contributed by atoms with E-state index in [0.717, 1.165) is 4.73 Å². The average Bonchev–Trinajstić information content (AvgIpc) is 2.13. The molecule has 0 atom stereocenters. The van der Waals surface area contributed by atoms with E-state index in [4.69, 9.17) is 10.9 Å². The quantitative estimate of drug-likeness (QED) is 0.420. The van der Waals surface area contributed by atoms with Crippen LogP contribution in [0.3, 0.4) is 0 Å². The molecular weight excluding hydrogens is 138 g/mol. The van der Waals surface area contributed by atoms with E-state index in [1.165, 1.54) is 12.4 Å². The molecule has 0 unspecified atom stereocenters. The van der Waals surface area contributed by atoms with Crippen LogP contribution >= 0.6 is 12.2 Å². The molecule has 0 saturated carbocycles. The minimum atomic E-state index is 0.0856. The summed E-state index contributed by atoms with van der Waals surface area (Å²) in [6, 6.07) is 0. The Kier molecular flexibility index (Phi) is 1.35. The first-order chi connectivity index (χ1) is 4.22. The molecule has 0 saturated heterocycles. The summed E-state index contributed by atoms with van der Waals surface area (Å²) in [5.74, 6) is 0.213. The van der Waals surface area contributed by atoms with E-state index in [0.29, 0.717) is 0 Å². The van der Waals surface area contributed by atoms with Gasteiger partial charge in [0.25, 0.3) is 0 Å². The molecule has 48 valence electrons. The van der Waals surface area contributed by atoms with Crippen molar-refractivity contribution in [1.82, 2.24) is 9.71 Å². The molecule has 0 spiro atoms. The van der Waals surface area contributed by atoms with Crippen LogP contribution in [0.15, 0.2) is 12.4 Å². The molecule has 0 aliphatic carbocycles. The third kappa shape index (κ3) is 0.996. The van der Waals surface area contributed by atoms with Crippen LogP contribution in [-0.4, -0.2) is 19.9 Å². The van der Waals surface area contributed by atoms with Crippen LogP contribution in [0.5, 0.6) is 0 Å². The number of hydrogen-bond donors (Lipinski definition) is 2. The van der Waals surface area contributed by atoms with Gasteiger partial charge in [-0.15, -0.1) is 0 Å². The molecule has 1 rings (SSSR count). The Bertz CT molecular complexity index is 231. The number of nitrogens with two attached hydrogens (primary N) is 1. The number of aromatic nitrogens is 2. The van der Waals surface area contributed by atoms with E-state index in [1.54, 1.807) is 0 Å². The summed E-state index contributed by atoms with van der Waals surface area (Å²) in [5, 5.41) is 8.81. The number of imidazole rings is 1. The van der Waals surface area contributed by atoms with E-state index in [9.17, 15) is 0 Å². The van der Waals surface area contributed by atoms with Gasteiger partial charge < -0.3 is 10.9 Å². The fourth-order valence-corrected chi connectivity index (χ4v) is 0.620. The van der Waals surface area contributed by atoms with Gasteiger partial charge in [0.15, 0.2) is 0 Å². The molecule has 0 aromatic carbocycles. The Morgan fingerprint density at radius 1 is 1.89 bits per heavy atom. The Balaban J connectivity index is 3.08. The van der Waals surface area contributed by atoms with Gasteiger partial charge in [0.05, 0.1) is 6.20 Å². The molecule has 0 bridgehead atoms. The molecule has 1 aromatic rings. The highest BCUT2D eigenvalue weighted by Crippen LogP contribution is 1.91. The fourth-order valence-electron chi connectivity index (χ4n) is 0.473. The zero-order valence-electron chi connectivity index (χ0n) is 4.48. The van der Waals surface area contributed by atoms with Gasteiger partial charge in [-0.2, -0.15) is 4.73 Å². The Labute approximate surface area is 56.9 Å². The van der Waals surface area contributed by atoms with Crippen molar-refractivity contribution >= 4 is 17.2 Å². The van der Waals surface area contributed by atoms with Gasteiger partial charge in [0.1, 0.15) is 4.99 Å². The lowest BCUT2D eigenvalue weighted by Crippen LogP contribution is -2.15. The lowest BCUT2D eigenvalue weighted by molar-refractivity contribution is 0.184. The highest BCUT2D eigenvalue weighted by molar-refractivity contribution is 7.80. The lowest BCUT2D eigenvalue weighted by Gasteiger charge is -1.93. The third-order valence-corrected chi connectivity index (χ3v) is 1.02. The number of nitrogens with zero attached hydrogens (tertiary/aromatic N) is 2. The molecule has 0 radical (unpaired) electrons. The summed E-state index contributed by atoms with van der Waals surface area (Å²) in [6.45, 7) is 0. The second-order valence-electron chi connectivity index (χ2n) is 1.46. The zero-order chi connectivity index (χ0) is 6.85. The van der Waals surface area contributed by atoms with Gasteiger partial charge in [0.2, 0.25) is 5.82 Å². The van der Waals surface area contributed by atoms with Crippen LogP contribution in [0.4, 0.5) is 0 Å².